The van der Waals surface area contributed by atoms with Crippen LogP contribution in [0.5, 0.6) is 0 Å². The summed E-state index contributed by atoms with van der Waals surface area (Å²) in [5.74, 6) is 0.181. The molecule has 3 heteroatoms. The highest BCUT2D eigenvalue weighted by molar-refractivity contribution is 14.1. The van der Waals surface area contributed by atoms with Crippen molar-refractivity contribution in [3.8, 4) is 0 Å². The third kappa shape index (κ3) is 1.56. The summed E-state index contributed by atoms with van der Waals surface area (Å²) in [5, 5.41) is 0.230. The molecule has 14 heavy (non-hydrogen) atoms. The molecule has 76 valence electrons. The molecule has 1 aliphatic rings. The van der Waals surface area contributed by atoms with Gasteiger partial charge in [0, 0.05) is 9.84 Å². The zero-order chi connectivity index (χ0) is 10.5. The van der Waals surface area contributed by atoms with Gasteiger partial charge in [0.1, 0.15) is 5.82 Å². The molecule has 1 saturated carbocycles. The monoisotopic (exact) mass is 324 g/mol. The van der Waals surface area contributed by atoms with Crippen LogP contribution in [-0.2, 0) is 0 Å². The van der Waals surface area contributed by atoms with Gasteiger partial charge in [0.25, 0.3) is 0 Å². The van der Waals surface area contributed by atoms with E-state index in [1.54, 1.807) is 6.07 Å². The summed E-state index contributed by atoms with van der Waals surface area (Å²) in [6.07, 6.45) is 0. The molecule has 1 aliphatic carbocycles. The number of benzene rings is 1. The largest absolute Gasteiger partial charge is 0.205 e. The van der Waals surface area contributed by atoms with Gasteiger partial charge >= 0.3 is 0 Å². The predicted octanol–water partition coefficient (Wildman–Crippen LogP) is 4.41. The zero-order valence-corrected chi connectivity index (χ0v) is 10.9. The Morgan fingerprint density at radius 3 is 2.43 bits per heavy atom. The summed E-state index contributed by atoms with van der Waals surface area (Å²) in [7, 11) is 0. The summed E-state index contributed by atoms with van der Waals surface area (Å²) in [4.78, 5) is 0. The van der Waals surface area contributed by atoms with Gasteiger partial charge in [-0.1, -0.05) is 54.1 Å². The highest BCUT2D eigenvalue weighted by atomic mass is 127. The standard InChI is InChI=1S/C11H11ClFI/c1-11(2)9(10(11)14)6-3-4-8(13)7(12)5-6/h3-5,9-10H,1-2H3/t9-,10-/m1/s1. The van der Waals surface area contributed by atoms with Gasteiger partial charge in [0.15, 0.2) is 0 Å². The maximum absolute atomic E-state index is 12.9. The van der Waals surface area contributed by atoms with E-state index in [-0.39, 0.29) is 10.8 Å². The van der Waals surface area contributed by atoms with Crippen LogP contribution in [0.25, 0.3) is 0 Å². The molecule has 0 N–H and O–H groups in total. The van der Waals surface area contributed by atoms with Crippen molar-refractivity contribution in [2.45, 2.75) is 23.7 Å². The summed E-state index contributed by atoms with van der Waals surface area (Å²) >= 11 is 8.20. The number of hydrogen-bond acceptors (Lipinski definition) is 0. The van der Waals surface area contributed by atoms with Crippen molar-refractivity contribution in [2.24, 2.45) is 5.41 Å². The Labute approximate surface area is 102 Å². The van der Waals surface area contributed by atoms with Gasteiger partial charge in [-0.05, 0) is 23.1 Å². The number of halogens is 3. The Bertz CT molecular complexity index is 376. The summed E-state index contributed by atoms with van der Waals surface area (Å²) in [6, 6.07) is 5.05. The van der Waals surface area contributed by atoms with Crippen LogP contribution in [0.2, 0.25) is 5.02 Å². The summed E-state index contributed by atoms with van der Waals surface area (Å²) in [5.41, 5.74) is 1.47. The van der Waals surface area contributed by atoms with E-state index in [0.717, 1.165) is 5.56 Å². The van der Waals surface area contributed by atoms with Crippen molar-refractivity contribution in [3.05, 3.63) is 34.6 Å². The first-order valence-corrected chi connectivity index (χ1v) is 6.16. The van der Waals surface area contributed by atoms with Crippen LogP contribution in [0.3, 0.4) is 0 Å². The molecule has 2 atom stereocenters. The van der Waals surface area contributed by atoms with Crippen LogP contribution in [0.4, 0.5) is 4.39 Å². The molecular formula is C11H11ClFI. The van der Waals surface area contributed by atoms with Crippen LogP contribution in [0.15, 0.2) is 18.2 Å². The molecule has 1 aromatic carbocycles. The quantitative estimate of drug-likeness (QED) is 0.530. The number of alkyl halides is 1. The average Bonchev–Trinajstić information content (AvgIpc) is 2.58. The van der Waals surface area contributed by atoms with Gasteiger partial charge in [0.05, 0.1) is 5.02 Å². The normalized spacial score (nSPS) is 28.9. The third-order valence-corrected chi connectivity index (χ3v) is 5.61. The van der Waals surface area contributed by atoms with E-state index in [2.05, 4.69) is 36.4 Å². The second-order valence-electron chi connectivity index (χ2n) is 4.37. The fourth-order valence-corrected chi connectivity index (χ4v) is 3.59. The Hall–Kier alpha value is 0.170. The summed E-state index contributed by atoms with van der Waals surface area (Å²) in [6.45, 7) is 4.46. The Morgan fingerprint density at radius 2 is 2.00 bits per heavy atom. The molecule has 0 saturated heterocycles. The molecule has 0 bridgehead atoms. The molecule has 0 aromatic heterocycles. The van der Waals surface area contributed by atoms with Crippen molar-refractivity contribution in [2.75, 3.05) is 0 Å². The smallest absolute Gasteiger partial charge is 0.141 e. The highest BCUT2D eigenvalue weighted by Gasteiger charge is 2.56. The second kappa shape index (κ2) is 3.34. The fourth-order valence-electron chi connectivity index (χ4n) is 1.88. The third-order valence-electron chi connectivity index (χ3n) is 3.00. The molecule has 0 amide bonds. The van der Waals surface area contributed by atoms with Crippen molar-refractivity contribution >= 4 is 34.2 Å². The lowest BCUT2D eigenvalue weighted by Crippen LogP contribution is -1.90. The lowest BCUT2D eigenvalue weighted by Gasteiger charge is -2.03. The van der Waals surface area contributed by atoms with E-state index in [9.17, 15) is 4.39 Å². The Balaban J connectivity index is 2.32. The average molecular weight is 325 g/mol. The Morgan fingerprint density at radius 1 is 1.43 bits per heavy atom. The maximum Gasteiger partial charge on any atom is 0.141 e. The SMILES string of the molecule is CC1(C)[C@H](I)[C@H]1c1ccc(F)c(Cl)c1. The van der Waals surface area contributed by atoms with Gasteiger partial charge in [0.2, 0.25) is 0 Å². The minimum atomic E-state index is -0.334. The van der Waals surface area contributed by atoms with E-state index in [0.29, 0.717) is 15.3 Å². The number of hydrogen-bond donors (Lipinski definition) is 0. The molecule has 0 radical (unpaired) electrons. The maximum atomic E-state index is 12.9. The van der Waals surface area contributed by atoms with Crippen LogP contribution >= 0.6 is 34.2 Å². The zero-order valence-electron chi connectivity index (χ0n) is 8.02. The predicted molar refractivity (Wildman–Crippen MR) is 65.7 cm³/mol. The molecule has 0 nitrogen and oxygen atoms in total. The van der Waals surface area contributed by atoms with Gasteiger partial charge in [-0.25, -0.2) is 4.39 Å². The molecule has 1 aromatic rings. The first kappa shape index (κ1) is 10.7. The van der Waals surface area contributed by atoms with E-state index in [4.69, 9.17) is 11.6 Å². The minimum absolute atomic E-state index is 0.230. The molecule has 0 aliphatic heterocycles. The molecule has 0 heterocycles. The van der Waals surface area contributed by atoms with Gasteiger partial charge in [-0.2, -0.15) is 0 Å². The molecule has 1 fully saturated rings. The van der Waals surface area contributed by atoms with Crippen molar-refractivity contribution < 1.29 is 4.39 Å². The van der Waals surface area contributed by atoms with Crippen LogP contribution in [0, 0.1) is 11.2 Å². The van der Waals surface area contributed by atoms with E-state index < -0.39 is 0 Å². The minimum Gasteiger partial charge on any atom is -0.205 e. The van der Waals surface area contributed by atoms with Gasteiger partial charge < -0.3 is 0 Å². The van der Waals surface area contributed by atoms with Crippen LogP contribution < -0.4 is 0 Å². The van der Waals surface area contributed by atoms with Crippen LogP contribution in [-0.4, -0.2) is 3.92 Å². The molecule has 2 rings (SSSR count). The van der Waals surface area contributed by atoms with Gasteiger partial charge in [-0.3, -0.25) is 0 Å². The first-order chi connectivity index (χ1) is 6.44. The lowest BCUT2D eigenvalue weighted by atomic mass is 10.0. The molecule has 0 unspecified atom stereocenters. The van der Waals surface area contributed by atoms with Crippen molar-refractivity contribution in [1.82, 2.24) is 0 Å². The van der Waals surface area contributed by atoms with E-state index in [1.807, 2.05) is 6.07 Å². The van der Waals surface area contributed by atoms with Gasteiger partial charge in [-0.15, -0.1) is 0 Å². The van der Waals surface area contributed by atoms with Crippen LogP contribution in [0.1, 0.15) is 25.3 Å². The summed E-state index contributed by atoms with van der Waals surface area (Å²) < 4.78 is 13.6. The molecule has 0 spiro atoms. The fraction of sp³-hybridized carbons (Fsp3) is 0.455. The van der Waals surface area contributed by atoms with Crippen molar-refractivity contribution in [1.29, 1.82) is 0 Å². The molecular weight excluding hydrogens is 313 g/mol. The first-order valence-electron chi connectivity index (χ1n) is 4.53. The van der Waals surface area contributed by atoms with Crippen molar-refractivity contribution in [3.63, 3.8) is 0 Å². The van der Waals surface area contributed by atoms with E-state index >= 15 is 0 Å². The Kier molecular flexibility index (Phi) is 2.55. The highest BCUT2D eigenvalue weighted by Crippen LogP contribution is 2.63. The number of rotatable bonds is 1. The lowest BCUT2D eigenvalue weighted by molar-refractivity contribution is 0.617. The second-order valence-corrected chi connectivity index (χ2v) is 6.12. The topological polar surface area (TPSA) is 0 Å². The van der Waals surface area contributed by atoms with E-state index in [1.165, 1.54) is 6.07 Å².